The first-order valence-electron chi connectivity index (χ1n) is 11.1. The highest BCUT2D eigenvalue weighted by atomic mass is 35.5. The molecule has 0 spiro atoms. The topological polar surface area (TPSA) is 71.5 Å². The summed E-state index contributed by atoms with van der Waals surface area (Å²) >= 11 is 5.98. The van der Waals surface area contributed by atoms with Gasteiger partial charge in [-0.2, -0.15) is 0 Å². The molecule has 1 aromatic heterocycles. The molecule has 0 saturated carbocycles. The fraction of sp³-hybridized carbons (Fsp3) is 0.179. The Hall–Kier alpha value is -3.90. The van der Waals surface area contributed by atoms with Gasteiger partial charge in [0.1, 0.15) is 5.60 Å². The Balaban J connectivity index is 1.61. The Labute approximate surface area is 209 Å². The van der Waals surface area contributed by atoms with Gasteiger partial charge in [0.2, 0.25) is 0 Å². The summed E-state index contributed by atoms with van der Waals surface area (Å²) in [6.45, 7) is 5.44. The molecule has 4 rings (SSSR count). The van der Waals surface area contributed by atoms with Crippen LogP contribution in [0.1, 0.15) is 31.1 Å². The van der Waals surface area contributed by atoms with E-state index in [0.29, 0.717) is 16.3 Å². The van der Waals surface area contributed by atoms with Gasteiger partial charge in [-0.25, -0.2) is 4.79 Å². The second kappa shape index (κ2) is 9.76. The van der Waals surface area contributed by atoms with Gasteiger partial charge >= 0.3 is 6.09 Å². The number of nitrogens with zero attached hydrogens (tertiary/aromatic N) is 2. The number of carbonyl (C=O) groups excluding carboxylic acids is 2. The van der Waals surface area contributed by atoms with Gasteiger partial charge in [0.15, 0.2) is 0 Å². The largest absolute Gasteiger partial charge is 0.444 e. The van der Waals surface area contributed by atoms with E-state index in [2.05, 4.69) is 10.3 Å². The number of anilines is 2. The maximum Gasteiger partial charge on any atom is 0.412 e. The summed E-state index contributed by atoms with van der Waals surface area (Å²) in [4.78, 5) is 31.2. The van der Waals surface area contributed by atoms with E-state index >= 15 is 0 Å². The molecule has 0 unspecified atom stereocenters. The van der Waals surface area contributed by atoms with Crippen molar-refractivity contribution in [2.75, 3.05) is 17.3 Å². The lowest BCUT2D eigenvalue weighted by molar-refractivity contribution is 0.0635. The minimum Gasteiger partial charge on any atom is -0.444 e. The van der Waals surface area contributed by atoms with Crippen molar-refractivity contribution < 1.29 is 14.3 Å². The van der Waals surface area contributed by atoms with Gasteiger partial charge in [-0.3, -0.25) is 15.1 Å². The Morgan fingerprint density at radius 3 is 2.29 bits per heavy atom. The minimum atomic E-state index is -0.574. The lowest BCUT2D eigenvalue weighted by Crippen LogP contribution is -2.27. The number of nitrogens with one attached hydrogen (secondary N) is 1. The van der Waals surface area contributed by atoms with Crippen LogP contribution in [0.5, 0.6) is 0 Å². The quantitative estimate of drug-likeness (QED) is 0.331. The van der Waals surface area contributed by atoms with Crippen LogP contribution in [-0.2, 0) is 4.74 Å². The number of ether oxygens (including phenoxy) is 1. The van der Waals surface area contributed by atoms with Crippen LogP contribution in [0.4, 0.5) is 16.2 Å². The third-order valence-corrected chi connectivity index (χ3v) is 5.62. The van der Waals surface area contributed by atoms with Gasteiger partial charge in [-0.1, -0.05) is 29.8 Å². The lowest BCUT2D eigenvalue weighted by Gasteiger charge is -2.19. The zero-order valence-corrected chi connectivity index (χ0v) is 20.8. The summed E-state index contributed by atoms with van der Waals surface area (Å²) in [5.41, 5.74) is 3.16. The van der Waals surface area contributed by atoms with E-state index in [-0.39, 0.29) is 5.91 Å². The van der Waals surface area contributed by atoms with Crippen molar-refractivity contribution in [2.24, 2.45) is 0 Å². The zero-order valence-electron chi connectivity index (χ0n) is 20.0. The van der Waals surface area contributed by atoms with Gasteiger partial charge in [-0.15, -0.1) is 0 Å². The molecule has 178 valence electrons. The Morgan fingerprint density at radius 1 is 0.943 bits per heavy atom. The van der Waals surface area contributed by atoms with Gasteiger partial charge in [0, 0.05) is 52.4 Å². The van der Waals surface area contributed by atoms with Crippen molar-refractivity contribution >= 4 is 45.7 Å². The van der Waals surface area contributed by atoms with Crippen LogP contribution in [0, 0.1) is 0 Å². The molecule has 4 aromatic rings. The smallest absolute Gasteiger partial charge is 0.412 e. The number of aromatic nitrogens is 1. The second-order valence-corrected chi connectivity index (χ2v) is 9.60. The van der Waals surface area contributed by atoms with Crippen LogP contribution >= 0.6 is 11.6 Å². The molecule has 0 atom stereocenters. The van der Waals surface area contributed by atoms with E-state index in [1.165, 1.54) is 0 Å². The van der Waals surface area contributed by atoms with Crippen molar-refractivity contribution in [1.29, 1.82) is 0 Å². The maximum absolute atomic E-state index is 13.2. The number of hydrogen-bond acceptors (Lipinski definition) is 4. The number of carbonyl (C=O) groups is 2. The summed E-state index contributed by atoms with van der Waals surface area (Å²) in [5, 5.41) is 5.18. The van der Waals surface area contributed by atoms with E-state index in [0.717, 1.165) is 27.6 Å². The highest BCUT2D eigenvalue weighted by Crippen LogP contribution is 2.30. The third-order valence-electron chi connectivity index (χ3n) is 5.37. The molecule has 0 aliphatic rings. The van der Waals surface area contributed by atoms with Crippen LogP contribution in [0.3, 0.4) is 0 Å². The summed E-state index contributed by atoms with van der Waals surface area (Å²) in [7, 11) is 1.74. The fourth-order valence-electron chi connectivity index (χ4n) is 3.66. The fourth-order valence-corrected chi connectivity index (χ4v) is 3.78. The van der Waals surface area contributed by atoms with Gasteiger partial charge in [0.05, 0.1) is 0 Å². The summed E-state index contributed by atoms with van der Waals surface area (Å²) < 4.78 is 5.30. The Kier molecular flexibility index (Phi) is 6.76. The molecule has 0 fully saturated rings. The Bertz CT molecular complexity index is 1380. The number of halogens is 1. The summed E-state index contributed by atoms with van der Waals surface area (Å²) in [6, 6.07) is 20.1. The van der Waals surface area contributed by atoms with Crippen LogP contribution in [-0.4, -0.2) is 29.6 Å². The summed E-state index contributed by atoms with van der Waals surface area (Å²) in [5.74, 6) is -0.131. The first kappa shape index (κ1) is 24.2. The summed E-state index contributed by atoms with van der Waals surface area (Å²) in [6.07, 6.45) is 3.04. The molecule has 1 N–H and O–H groups in total. The minimum absolute atomic E-state index is 0.131. The second-order valence-electron chi connectivity index (χ2n) is 9.17. The molecule has 2 amide bonds. The SMILES string of the molecule is CN(C(=O)c1ccc2cncc(-c3ccc(NC(=O)OC(C)(C)C)cc3)c2c1)c1ccc(Cl)cc1. The number of hydrogen-bond donors (Lipinski definition) is 1. The van der Waals surface area contributed by atoms with Crippen molar-refractivity contribution in [1.82, 2.24) is 4.98 Å². The average molecular weight is 488 g/mol. The third kappa shape index (κ3) is 5.78. The first-order valence-corrected chi connectivity index (χ1v) is 11.5. The van der Waals surface area contributed by atoms with E-state index < -0.39 is 11.7 Å². The normalized spacial score (nSPS) is 11.2. The molecule has 0 bridgehead atoms. The first-order chi connectivity index (χ1) is 16.6. The number of pyridine rings is 1. The zero-order chi connectivity index (χ0) is 25.2. The van der Waals surface area contributed by atoms with Crippen molar-refractivity contribution in [3.63, 3.8) is 0 Å². The molecule has 6 nitrogen and oxygen atoms in total. The van der Waals surface area contributed by atoms with Crippen LogP contribution < -0.4 is 10.2 Å². The maximum atomic E-state index is 13.2. The van der Waals surface area contributed by atoms with Gasteiger partial charge in [-0.05, 0) is 80.3 Å². The van der Waals surface area contributed by atoms with Crippen molar-refractivity contribution in [2.45, 2.75) is 26.4 Å². The monoisotopic (exact) mass is 487 g/mol. The predicted octanol–water partition coefficient (Wildman–Crippen LogP) is 7.18. The van der Waals surface area contributed by atoms with Crippen LogP contribution in [0.25, 0.3) is 21.9 Å². The average Bonchev–Trinajstić information content (AvgIpc) is 2.82. The van der Waals surface area contributed by atoms with Crippen molar-refractivity contribution in [3.8, 4) is 11.1 Å². The van der Waals surface area contributed by atoms with E-state index in [9.17, 15) is 9.59 Å². The molecule has 0 saturated heterocycles. The molecule has 35 heavy (non-hydrogen) atoms. The standard InChI is InChI=1S/C28H26ClN3O3/c1-28(2,3)35-27(34)31-22-11-7-18(8-12-22)25-17-30-16-20-6-5-19(15-24(20)25)26(33)32(4)23-13-9-21(29)10-14-23/h5-17H,1-4H3,(H,31,34). The van der Waals surface area contributed by atoms with Gasteiger partial charge < -0.3 is 9.64 Å². The number of rotatable bonds is 4. The molecule has 3 aromatic carbocycles. The van der Waals surface area contributed by atoms with Crippen LogP contribution in [0.15, 0.2) is 79.1 Å². The molecule has 1 heterocycles. The molecular weight excluding hydrogens is 462 g/mol. The van der Waals surface area contributed by atoms with Gasteiger partial charge in [0.25, 0.3) is 5.91 Å². The van der Waals surface area contributed by atoms with E-state index in [1.54, 1.807) is 54.7 Å². The molecular formula is C28H26ClN3O3. The van der Waals surface area contributed by atoms with E-state index in [1.807, 2.05) is 57.2 Å². The lowest BCUT2D eigenvalue weighted by atomic mass is 9.98. The number of benzene rings is 3. The molecule has 0 aliphatic heterocycles. The highest BCUT2D eigenvalue weighted by Gasteiger charge is 2.17. The van der Waals surface area contributed by atoms with Crippen molar-refractivity contribution in [3.05, 3.63) is 89.7 Å². The number of fused-ring (bicyclic) bond motifs is 1. The molecule has 0 aliphatic carbocycles. The highest BCUT2D eigenvalue weighted by molar-refractivity contribution is 6.30. The predicted molar refractivity (Wildman–Crippen MR) is 141 cm³/mol. The molecule has 7 heteroatoms. The number of amides is 2. The Morgan fingerprint density at radius 2 is 1.63 bits per heavy atom. The van der Waals surface area contributed by atoms with E-state index in [4.69, 9.17) is 16.3 Å². The van der Waals surface area contributed by atoms with Crippen LogP contribution in [0.2, 0.25) is 5.02 Å². The molecule has 0 radical (unpaired) electrons.